The van der Waals surface area contributed by atoms with Crippen molar-refractivity contribution >= 4 is 16.8 Å². The number of aromatic amines is 1. The van der Waals surface area contributed by atoms with E-state index < -0.39 is 0 Å². The second kappa shape index (κ2) is 7.15. The van der Waals surface area contributed by atoms with Gasteiger partial charge in [-0.2, -0.15) is 0 Å². The fourth-order valence-corrected chi connectivity index (χ4v) is 2.95. The Labute approximate surface area is 137 Å². The van der Waals surface area contributed by atoms with Crippen molar-refractivity contribution in [3.8, 4) is 0 Å². The molecule has 1 fully saturated rings. The van der Waals surface area contributed by atoms with Crippen molar-refractivity contribution in [1.82, 2.24) is 14.8 Å². The standard InChI is InChI=1S/C18H25N3O2/c1-14(2)23-12-11-20-7-9-21(10-8-20)18(22)17-13-15-5-3-4-6-16(15)19-17/h3-6,13-14,19H,7-12H2,1-2H3. The van der Waals surface area contributed by atoms with Gasteiger partial charge in [-0.25, -0.2) is 0 Å². The van der Waals surface area contributed by atoms with Crippen molar-refractivity contribution in [2.24, 2.45) is 0 Å². The topological polar surface area (TPSA) is 48.6 Å². The maximum Gasteiger partial charge on any atom is 0.270 e. The molecule has 3 rings (SSSR count). The van der Waals surface area contributed by atoms with Crippen LogP contribution in [-0.4, -0.2) is 66.1 Å². The summed E-state index contributed by atoms with van der Waals surface area (Å²) in [5, 5.41) is 1.08. The third-order valence-corrected chi connectivity index (χ3v) is 4.28. The molecule has 5 heteroatoms. The fourth-order valence-electron chi connectivity index (χ4n) is 2.95. The van der Waals surface area contributed by atoms with E-state index in [1.807, 2.05) is 35.2 Å². The third kappa shape index (κ3) is 3.92. The van der Waals surface area contributed by atoms with E-state index >= 15 is 0 Å². The maximum absolute atomic E-state index is 12.6. The summed E-state index contributed by atoms with van der Waals surface area (Å²) in [5.41, 5.74) is 1.70. The van der Waals surface area contributed by atoms with Gasteiger partial charge in [0.25, 0.3) is 5.91 Å². The van der Waals surface area contributed by atoms with Gasteiger partial charge in [-0.3, -0.25) is 9.69 Å². The minimum Gasteiger partial charge on any atom is -0.377 e. The molecule has 1 N–H and O–H groups in total. The summed E-state index contributed by atoms with van der Waals surface area (Å²) in [5.74, 6) is 0.0966. The highest BCUT2D eigenvalue weighted by Gasteiger charge is 2.23. The van der Waals surface area contributed by atoms with Gasteiger partial charge in [0.2, 0.25) is 0 Å². The summed E-state index contributed by atoms with van der Waals surface area (Å²) in [4.78, 5) is 20.2. The molecule has 2 heterocycles. The van der Waals surface area contributed by atoms with Crippen LogP contribution < -0.4 is 0 Å². The zero-order valence-corrected chi connectivity index (χ0v) is 13.9. The second-order valence-electron chi connectivity index (χ2n) is 6.32. The van der Waals surface area contributed by atoms with Crippen LogP contribution in [0.25, 0.3) is 10.9 Å². The first-order valence-corrected chi connectivity index (χ1v) is 8.34. The van der Waals surface area contributed by atoms with Gasteiger partial charge in [0.15, 0.2) is 0 Å². The molecular formula is C18H25N3O2. The van der Waals surface area contributed by atoms with E-state index in [4.69, 9.17) is 4.74 Å². The summed E-state index contributed by atoms with van der Waals surface area (Å²) < 4.78 is 5.59. The number of hydrogen-bond donors (Lipinski definition) is 1. The Bertz CT molecular complexity index is 624. The van der Waals surface area contributed by atoms with Gasteiger partial charge in [0.05, 0.1) is 12.7 Å². The molecule has 1 aliphatic heterocycles. The molecule has 1 aromatic heterocycles. The predicted molar refractivity (Wildman–Crippen MR) is 91.7 cm³/mol. The van der Waals surface area contributed by atoms with Crippen molar-refractivity contribution in [3.05, 3.63) is 36.0 Å². The number of nitrogens with zero attached hydrogens (tertiary/aromatic N) is 2. The Morgan fingerprint density at radius 3 is 2.65 bits per heavy atom. The van der Waals surface area contributed by atoms with E-state index in [0.717, 1.165) is 50.2 Å². The number of benzene rings is 1. The summed E-state index contributed by atoms with van der Waals surface area (Å²) >= 11 is 0. The van der Waals surface area contributed by atoms with Gasteiger partial charge in [-0.05, 0) is 26.0 Å². The fraction of sp³-hybridized carbons (Fsp3) is 0.500. The number of carbonyl (C=O) groups excluding carboxylic acids is 1. The number of hydrogen-bond acceptors (Lipinski definition) is 3. The number of piperazine rings is 1. The number of fused-ring (bicyclic) bond motifs is 1. The van der Waals surface area contributed by atoms with Crippen molar-refractivity contribution in [2.75, 3.05) is 39.3 Å². The summed E-state index contributed by atoms with van der Waals surface area (Å²) in [7, 11) is 0. The number of amides is 1. The van der Waals surface area contributed by atoms with E-state index in [2.05, 4.69) is 23.7 Å². The quantitative estimate of drug-likeness (QED) is 0.921. The van der Waals surface area contributed by atoms with Crippen LogP contribution >= 0.6 is 0 Å². The van der Waals surface area contributed by atoms with E-state index in [1.165, 1.54) is 0 Å². The third-order valence-electron chi connectivity index (χ3n) is 4.28. The molecule has 124 valence electrons. The van der Waals surface area contributed by atoms with Crippen LogP contribution in [0.3, 0.4) is 0 Å². The number of aromatic nitrogens is 1. The summed E-state index contributed by atoms with van der Waals surface area (Å²) in [6.07, 6.45) is 0.278. The Hall–Kier alpha value is -1.85. The van der Waals surface area contributed by atoms with Gasteiger partial charge in [0.1, 0.15) is 5.69 Å². The molecule has 0 spiro atoms. The molecule has 0 radical (unpaired) electrons. The number of rotatable bonds is 5. The largest absolute Gasteiger partial charge is 0.377 e. The van der Waals surface area contributed by atoms with Gasteiger partial charge in [-0.15, -0.1) is 0 Å². The lowest BCUT2D eigenvalue weighted by Crippen LogP contribution is -2.49. The van der Waals surface area contributed by atoms with Crippen LogP contribution in [0.15, 0.2) is 30.3 Å². The minimum absolute atomic E-state index is 0.0966. The van der Waals surface area contributed by atoms with Crippen LogP contribution in [0.5, 0.6) is 0 Å². The molecule has 1 aromatic carbocycles. The van der Waals surface area contributed by atoms with Gasteiger partial charge >= 0.3 is 0 Å². The normalized spacial score (nSPS) is 16.4. The van der Waals surface area contributed by atoms with Crippen molar-refractivity contribution in [2.45, 2.75) is 20.0 Å². The average Bonchev–Trinajstić information content (AvgIpc) is 2.98. The smallest absolute Gasteiger partial charge is 0.270 e. The lowest BCUT2D eigenvalue weighted by atomic mass is 10.2. The van der Waals surface area contributed by atoms with Crippen LogP contribution in [0, 0.1) is 0 Å². The monoisotopic (exact) mass is 315 g/mol. The highest BCUT2D eigenvalue weighted by molar-refractivity contribution is 5.98. The lowest BCUT2D eigenvalue weighted by molar-refractivity contribution is 0.0405. The minimum atomic E-state index is 0.0966. The van der Waals surface area contributed by atoms with Crippen LogP contribution in [0.2, 0.25) is 0 Å². The SMILES string of the molecule is CC(C)OCCN1CCN(C(=O)c2cc3ccccc3[nH]2)CC1. The Balaban J connectivity index is 1.53. The van der Waals surface area contributed by atoms with Crippen molar-refractivity contribution in [3.63, 3.8) is 0 Å². The first kappa shape index (κ1) is 16.0. The first-order chi connectivity index (χ1) is 11.1. The number of para-hydroxylation sites is 1. The molecule has 5 nitrogen and oxygen atoms in total. The first-order valence-electron chi connectivity index (χ1n) is 8.34. The zero-order chi connectivity index (χ0) is 16.2. The molecule has 1 saturated heterocycles. The molecule has 0 unspecified atom stereocenters. The molecule has 0 bridgehead atoms. The van der Waals surface area contributed by atoms with Gasteiger partial charge in [-0.1, -0.05) is 18.2 Å². The van der Waals surface area contributed by atoms with Crippen LogP contribution in [-0.2, 0) is 4.74 Å². The number of H-pyrrole nitrogens is 1. The zero-order valence-electron chi connectivity index (χ0n) is 13.9. The van der Waals surface area contributed by atoms with Crippen molar-refractivity contribution in [1.29, 1.82) is 0 Å². The number of ether oxygens (including phenoxy) is 1. The Morgan fingerprint density at radius 1 is 1.22 bits per heavy atom. The molecule has 23 heavy (non-hydrogen) atoms. The van der Waals surface area contributed by atoms with E-state index in [1.54, 1.807) is 0 Å². The highest BCUT2D eigenvalue weighted by Crippen LogP contribution is 2.16. The summed E-state index contributed by atoms with van der Waals surface area (Å²) in [6, 6.07) is 9.93. The second-order valence-corrected chi connectivity index (χ2v) is 6.32. The number of nitrogens with one attached hydrogen (secondary N) is 1. The molecule has 2 aromatic rings. The van der Waals surface area contributed by atoms with Crippen molar-refractivity contribution < 1.29 is 9.53 Å². The van der Waals surface area contributed by atoms with E-state index in [-0.39, 0.29) is 12.0 Å². The molecule has 1 aliphatic rings. The van der Waals surface area contributed by atoms with E-state index in [9.17, 15) is 4.79 Å². The predicted octanol–water partition coefficient (Wildman–Crippen LogP) is 2.35. The molecular weight excluding hydrogens is 290 g/mol. The Morgan fingerprint density at radius 2 is 1.96 bits per heavy atom. The molecule has 0 atom stereocenters. The average molecular weight is 315 g/mol. The number of carbonyl (C=O) groups is 1. The lowest BCUT2D eigenvalue weighted by Gasteiger charge is -2.34. The molecule has 1 amide bonds. The molecule has 0 aliphatic carbocycles. The van der Waals surface area contributed by atoms with Gasteiger partial charge in [0, 0.05) is 43.6 Å². The van der Waals surface area contributed by atoms with Gasteiger partial charge < -0.3 is 14.6 Å². The van der Waals surface area contributed by atoms with E-state index in [0.29, 0.717) is 5.69 Å². The van der Waals surface area contributed by atoms with Crippen LogP contribution in [0.4, 0.5) is 0 Å². The highest BCUT2D eigenvalue weighted by atomic mass is 16.5. The maximum atomic E-state index is 12.6. The van der Waals surface area contributed by atoms with Crippen LogP contribution in [0.1, 0.15) is 24.3 Å². The summed E-state index contributed by atoms with van der Waals surface area (Å²) in [6.45, 7) is 9.17. The molecule has 0 saturated carbocycles. The Kier molecular flexibility index (Phi) is 4.98.